The third-order valence-electron chi connectivity index (χ3n) is 4.03. The monoisotopic (exact) mass is 359 g/mol. The van der Waals surface area contributed by atoms with Crippen LogP contribution in [0, 0.1) is 0 Å². The topological polar surface area (TPSA) is 124 Å². The number of carbonyl (C=O) groups is 2. The fraction of sp³-hybridized carbons (Fsp3) is 0.389. The van der Waals surface area contributed by atoms with Gasteiger partial charge in [0.1, 0.15) is 18.5 Å². The number of amides is 2. The molecule has 0 saturated carbocycles. The Morgan fingerprint density at radius 3 is 2.85 bits per heavy atom. The van der Waals surface area contributed by atoms with Crippen LogP contribution < -0.4 is 20.5 Å². The van der Waals surface area contributed by atoms with Crippen LogP contribution in [0.1, 0.15) is 30.6 Å². The van der Waals surface area contributed by atoms with Crippen molar-refractivity contribution in [3.05, 3.63) is 30.0 Å². The first-order chi connectivity index (χ1) is 12.3. The van der Waals surface area contributed by atoms with Crippen molar-refractivity contribution in [2.45, 2.75) is 38.5 Å². The average molecular weight is 359 g/mol. The third kappa shape index (κ3) is 3.70. The Kier molecular flexibility index (Phi) is 4.94. The molecule has 2 aromatic rings. The Morgan fingerprint density at radius 2 is 2.23 bits per heavy atom. The van der Waals surface area contributed by atoms with Crippen molar-refractivity contribution >= 4 is 22.6 Å². The molecule has 26 heavy (non-hydrogen) atoms. The largest absolute Gasteiger partial charge is 0.490 e. The van der Waals surface area contributed by atoms with E-state index < -0.39 is 17.9 Å². The molecule has 1 aliphatic rings. The van der Waals surface area contributed by atoms with Gasteiger partial charge in [0.05, 0.1) is 17.7 Å². The highest BCUT2D eigenvalue weighted by atomic mass is 16.5. The lowest BCUT2D eigenvalue weighted by Gasteiger charge is -2.16. The van der Waals surface area contributed by atoms with Crippen molar-refractivity contribution in [1.82, 2.24) is 10.3 Å². The Labute approximate surface area is 150 Å². The van der Waals surface area contributed by atoms with Crippen LogP contribution in [0.5, 0.6) is 11.6 Å². The number of ether oxygens (including phenoxy) is 2. The smallest absolute Gasteiger partial charge is 0.252 e. The zero-order valence-corrected chi connectivity index (χ0v) is 14.6. The summed E-state index contributed by atoms with van der Waals surface area (Å²) in [4.78, 5) is 27.3. The molecule has 138 valence electrons. The van der Waals surface area contributed by atoms with Gasteiger partial charge in [-0.15, -0.1) is 0 Å². The minimum absolute atomic E-state index is 0.137. The Hall–Kier alpha value is -2.87. The zero-order chi connectivity index (χ0) is 18.8. The molecule has 8 heteroatoms. The number of nitrogens with zero attached hydrogens (tertiary/aromatic N) is 1. The highest BCUT2D eigenvalue weighted by Gasteiger charge is 2.30. The number of benzene rings is 1. The molecular formula is C18H21N3O5. The van der Waals surface area contributed by atoms with Gasteiger partial charge in [0.15, 0.2) is 0 Å². The second-order valence-electron chi connectivity index (χ2n) is 6.48. The van der Waals surface area contributed by atoms with E-state index in [4.69, 9.17) is 15.2 Å². The van der Waals surface area contributed by atoms with Gasteiger partial charge < -0.3 is 25.6 Å². The summed E-state index contributed by atoms with van der Waals surface area (Å²) < 4.78 is 11.5. The molecule has 8 nitrogen and oxygen atoms in total. The van der Waals surface area contributed by atoms with Crippen LogP contribution in [-0.2, 0) is 4.79 Å². The third-order valence-corrected chi connectivity index (χ3v) is 4.03. The predicted molar refractivity (Wildman–Crippen MR) is 94.1 cm³/mol. The lowest BCUT2D eigenvalue weighted by atomic mass is 10.1. The number of primary amides is 1. The molecule has 4 N–H and O–H groups in total. The summed E-state index contributed by atoms with van der Waals surface area (Å²) in [5.41, 5.74) is 5.74. The lowest BCUT2D eigenvalue weighted by Crippen LogP contribution is -2.31. The second-order valence-corrected chi connectivity index (χ2v) is 6.48. The van der Waals surface area contributed by atoms with Gasteiger partial charge in [0, 0.05) is 18.0 Å². The Bertz CT molecular complexity index is 852. The summed E-state index contributed by atoms with van der Waals surface area (Å²) in [7, 11) is 0. The van der Waals surface area contributed by atoms with E-state index >= 15 is 0 Å². The molecule has 2 amide bonds. The summed E-state index contributed by atoms with van der Waals surface area (Å²) in [5.74, 6) is -0.266. The molecule has 3 rings (SSSR count). The van der Waals surface area contributed by atoms with E-state index in [2.05, 4.69) is 10.3 Å². The number of hydrogen-bond donors (Lipinski definition) is 3. The highest BCUT2D eigenvalue weighted by molar-refractivity contribution is 6.01. The highest BCUT2D eigenvalue weighted by Crippen LogP contribution is 2.31. The van der Waals surface area contributed by atoms with E-state index in [1.54, 1.807) is 24.4 Å². The van der Waals surface area contributed by atoms with Crippen molar-refractivity contribution in [2.24, 2.45) is 5.73 Å². The summed E-state index contributed by atoms with van der Waals surface area (Å²) in [6, 6.07) is 4.78. The van der Waals surface area contributed by atoms with Gasteiger partial charge in [0.2, 0.25) is 11.8 Å². The molecule has 1 aromatic heterocycles. The van der Waals surface area contributed by atoms with Crippen LogP contribution >= 0.6 is 0 Å². The molecule has 0 spiro atoms. The van der Waals surface area contributed by atoms with Crippen LogP contribution in [0.3, 0.4) is 0 Å². The number of hydrogen-bond acceptors (Lipinski definition) is 6. The van der Waals surface area contributed by atoms with E-state index in [-0.39, 0.29) is 30.7 Å². The van der Waals surface area contributed by atoms with Gasteiger partial charge in [-0.05, 0) is 37.4 Å². The van der Waals surface area contributed by atoms with Gasteiger partial charge in [-0.2, -0.15) is 0 Å². The molecule has 0 unspecified atom stereocenters. The molecule has 2 heterocycles. The maximum atomic E-state index is 11.7. The first-order valence-electron chi connectivity index (χ1n) is 8.35. The number of nitrogens with two attached hydrogens (primary N) is 1. The molecule has 0 radical (unpaired) electrons. The van der Waals surface area contributed by atoms with Crippen molar-refractivity contribution < 1.29 is 24.2 Å². The van der Waals surface area contributed by atoms with Crippen LogP contribution in [0.25, 0.3) is 10.8 Å². The summed E-state index contributed by atoms with van der Waals surface area (Å²) in [6.07, 6.45) is 0.708. The standard InChI is InChI=1S/C18H21N3O5/c1-9(2)26-15-7-12-10(5-13(15)16(19)23)3-4-20-18(12)25-8-11-6-14(22)17(24)21-11/h3-5,7,9,11,14,22H,6,8H2,1-2H3,(H2,19,23)(H,21,24)/t11-,14+/m0/s1. The number of pyridine rings is 1. The fourth-order valence-electron chi connectivity index (χ4n) is 2.86. The quantitative estimate of drug-likeness (QED) is 0.699. The van der Waals surface area contributed by atoms with Crippen molar-refractivity contribution in [3.63, 3.8) is 0 Å². The number of aliphatic hydroxyl groups excluding tert-OH is 1. The summed E-state index contributed by atoms with van der Waals surface area (Å²) in [5, 5.41) is 13.5. The number of rotatable bonds is 6. The van der Waals surface area contributed by atoms with Crippen molar-refractivity contribution in [3.8, 4) is 11.6 Å². The SMILES string of the molecule is CC(C)Oc1cc2c(OC[C@@H]3C[C@@H](O)C(=O)N3)nccc2cc1C(N)=O. The number of aromatic nitrogens is 1. The van der Waals surface area contributed by atoms with Crippen LogP contribution in [-0.4, -0.2) is 46.8 Å². The molecular weight excluding hydrogens is 338 g/mol. The van der Waals surface area contributed by atoms with E-state index in [0.717, 1.165) is 5.39 Å². The number of nitrogens with one attached hydrogen (secondary N) is 1. The Balaban J connectivity index is 1.90. The predicted octanol–water partition coefficient (Wildman–Crippen LogP) is 0.749. The van der Waals surface area contributed by atoms with Crippen LogP contribution in [0.2, 0.25) is 0 Å². The molecule has 1 fully saturated rings. The van der Waals surface area contributed by atoms with Crippen LogP contribution in [0.15, 0.2) is 24.4 Å². The second kappa shape index (κ2) is 7.17. The first kappa shape index (κ1) is 17.9. The molecule has 1 aromatic carbocycles. The van der Waals surface area contributed by atoms with Gasteiger partial charge in [0.25, 0.3) is 5.91 Å². The van der Waals surface area contributed by atoms with Crippen molar-refractivity contribution in [2.75, 3.05) is 6.61 Å². The number of fused-ring (bicyclic) bond motifs is 1. The number of aliphatic hydroxyl groups is 1. The van der Waals surface area contributed by atoms with Crippen molar-refractivity contribution in [1.29, 1.82) is 0 Å². The Morgan fingerprint density at radius 1 is 1.46 bits per heavy atom. The average Bonchev–Trinajstić information content (AvgIpc) is 2.89. The van der Waals surface area contributed by atoms with E-state index in [1.807, 2.05) is 13.8 Å². The fourth-order valence-corrected chi connectivity index (χ4v) is 2.86. The first-order valence-corrected chi connectivity index (χ1v) is 8.35. The van der Waals surface area contributed by atoms with Gasteiger partial charge in [-0.1, -0.05) is 0 Å². The molecule has 1 aliphatic heterocycles. The normalized spacial score (nSPS) is 19.6. The minimum atomic E-state index is -1.01. The van der Waals surface area contributed by atoms with Gasteiger partial charge in [-0.3, -0.25) is 9.59 Å². The molecule has 1 saturated heterocycles. The number of carbonyl (C=O) groups excluding carboxylic acids is 2. The maximum Gasteiger partial charge on any atom is 0.252 e. The lowest BCUT2D eigenvalue weighted by molar-refractivity contribution is -0.126. The van der Waals surface area contributed by atoms with E-state index in [1.165, 1.54) is 0 Å². The maximum absolute atomic E-state index is 11.7. The van der Waals surface area contributed by atoms with Gasteiger partial charge in [-0.25, -0.2) is 4.98 Å². The molecule has 2 atom stereocenters. The van der Waals surface area contributed by atoms with Crippen LogP contribution in [0.4, 0.5) is 0 Å². The summed E-state index contributed by atoms with van der Waals surface area (Å²) in [6.45, 7) is 3.88. The van der Waals surface area contributed by atoms with E-state index in [0.29, 0.717) is 17.0 Å². The summed E-state index contributed by atoms with van der Waals surface area (Å²) >= 11 is 0. The van der Waals surface area contributed by atoms with E-state index in [9.17, 15) is 14.7 Å². The molecule has 0 aliphatic carbocycles. The molecule has 0 bridgehead atoms. The van der Waals surface area contributed by atoms with Gasteiger partial charge >= 0.3 is 0 Å². The zero-order valence-electron chi connectivity index (χ0n) is 14.6. The minimum Gasteiger partial charge on any atom is -0.490 e.